The van der Waals surface area contributed by atoms with Crippen LogP contribution in [0.1, 0.15) is 41.0 Å². The SMILES string of the molecule is OC1(CCOc2cc(F)c(-c3cc(COc4cc5c(cn4)C4CC4C5)c(F)cc3C(F)(F)F)c(F)c2)COC1. The van der Waals surface area contributed by atoms with Crippen LogP contribution in [0.5, 0.6) is 11.6 Å². The van der Waals surface area contributed by atoms with Gasteiger partial charge in [0.1, 0.15) is 35.4 Å². The Bertz CT molecular complexity index is 1420. The first-order chi connectivity index (χ1) is 18.5. The fraction of sp³-hybridized carbons (Fsp3) is 0.393. The number of pyridine rings is 1. The number of ether oxygens (including phenoxy) is 3. The van der Waals surface area contributed by atoms with Crippen molar-refractivity contribution in [1.82, 2.24) is 4.98 Å². The van der Waals surface area contributed by atoms with E-state index in [2.05, 4.69) is 4.98 Å². The van der Waals surface area contributed by atoms with Crippen LogP contribution in [0.15, 0.2) is 36.5 Å². The number of rotatable bonds is 8. The first kappa shape index (κ1) is 25.9. The van der Waals surface area contributed by atoms with E-state index in [9.17, 15) is 22.7 Å². The number of benzene rings is 2. The Morgan fingerprint density at radius 1 is 1.00 bits per heavy atom. The highest BCUT2D eigenvalue weighted by atomic mass is 19.4. The maximum Gasteiger partial charge on any atom is 0.417 e. The van der Waals surface area contributed by atoms with Gasteiger partial charge >= 0.3 is 6.18 Å². The molecule has 1 aliphatic heterocycles. The molecule has 39 heavy (non-hydrogen) atoms. The van der Waals surface area contributed by atoms with Gasteiger partial charge in [-0.25, -0.2) is 18.2 Å². The van der Waals surface area contributed by atoms with E-state index < -0.39 is 52.5 Å². The molecule has 0 radical (unpaired) electrons. The van der Waals surface area contributed by atoms with Gasteiger partial charge < -0.3 is 19.3 Å². The third-order valence-electron chi connectivity index (χ3n) is 7.53. The lowest BCUT2D eigenvalue weighted by molar-refractivity contribution is -0.184. The Kier molecular flexibility index (Phi) is 6.26. The molecule has 3 aromatic rings. The normalized spacial score (nSPS) is 20.7. The number of fused-ring (bicyclic) bond motifs is 3. The maximum atomic E-state index is 15.1. The molecule has 1 saturated heterocycles. The minimum atomic E-state index is -5.09. The molecule has 2 fully saturated rings. The number of halogens is 6. The van der Waals surface area contributed by atoms with Crippen molar-refractivity contribution in [3.8, 4) is 22.8 Å². The summed E-state index contributed by atoms with van der Waals surface area (Å²) in [4.78, 5) is 4.21. The summed E-state index contributed by atoms with van der Waals surface area (Å²) in [7, 11) is 0. The fourth-order valence-electron chi connectivity index (χ4n) is 5.27. The van der Waals surface area contributed by atoms with Crippen molar-refractivity contribution in [3.05, 3.63) is 76.2 Å². The molecule has 0 spiro atoms. The number of nitrogens with zero attached hydrogens (tertiary/aromatic N) is 1. The average Bonchev–Trinajstić information content (AvgIpc) is 3.52. The van der Waals surface area contributed by atoms with Crippen molar-refractivity contribution in [3.63, 3.8) is 0 Å². The number of aliphatic hydroxyl groups is 1. The zero-order valence-electron chi connectivity index (χ0n) is 20.5. The molecule has 3 aliphatic rings. The van der Waals surface area contributed by atoms with E-state index in [1.807, 2.05) is 0 Å². The molecule has 2 unspecified atom stereocenters. The van der Waals surface area contributed by atoms with E-state index in [1.165, 1.54) is 0 Å². The summed E-state index contributed by atoms with van der Waals surface area (Å²) in [6.07, 6.45) is -1.23. The summed E-state index contributed by atoms with van der Waals surface area (Å²) < 4.78 is 102. The number of hydrogen-bond acceptors (Lipinski definition) is 5. The molecule has 0 amide bonds. The number of aromatic nitrogens is 1. The molecule has 2 heterocycles. The molecular weight excluding hydrogens is 528 g/mol. The van der Waals surface area contributed by atoms with Crippen LogP contribution in [0.4, 0.5) is 26.3 Å². The molecule has 1 N–H and O–H groups in total. The zero-order valence-corrected chi connectivity index (χ0v) is 20.5. The molecule has 2 aromatic carbocycles. The third kappa shape index (κ3) is 5.05. The standard InChI is InChI=1S/C28H23F6NO4/c29-22-9-21(28(32,33)34)19(5-16(22)11-39-25-6-15-3-14-4-18(14)20(15)10-35-25)26-23(30)7-17(8-24(26)31)38-2-1-27(36)12-37-13-27/h5-10,14,18,36H,1-4,11-13H2. The Balaban J connectivity index is 1.26. The Morgan fingerprint density at radius 3 is 2.41 bits per heavy atom. The van der Waals surface area contributed by atoms with Gasteiger partial charge in [0.05, 0.1) is 30.9 Å². The smallest absolute Gasteiger partial charge is 0.417 e. The second-order valence-electron chi connectivity index (χ2n) is 10.4. The summed E-state index contributed by atoms with van der Waals surface area (Å²) in [6, 6.07) is 4.19. The second kappa shape index (κ2) is 9.41. The van der Waals surface area contributed by atoms with E-state index in [1.54, 1.807) is 12.3 Å². The molecule has 6 rings (SSSR count). The van der Waals surface area contributed by atoms with Crippen LogP contribution < -0.4 is 9.47 Å². The third-order valence-corrected chi connectivity index (χ3v) is 7.53. The Labute approximate surface area is 219 Å². The zero-order chi connectivity index (χ0) is 27.5. The van der Waals surface area contributed by atoms with Crippen LogP contribution in [-0.4, -0.2) is 35.5 Å². The van der Waals surface area contributed by atoms with Gasteiger partial charge in [0, 0.05) is 41.9 Å². The van der Waals surface area contributed by atoms with Gasteiger partial charge in [-0.2, -0.15) is 13.2 Å². The minimum Gasteiger partial charge on any atom is -0.493 e. The maximum absolute atomic E-state index is 15.1. The molecule has 11 heteroatoms. The van der Waals surface area contributed by atoms with Crippen LogP contribution in [0, 0.1) is 23.4 Å². The van der Waals surface area contributed by atoms with Gasteiger partial charge in [-0.3, -0.25) is 0 Å². The van der Waals surface area contributed by atoms with Crippen LogP contribution in [-0.2, 0) is 23.9 Å². The summed E-state index contributed by atoms with van der Waals surface area (Å²) in [5, 5.41) is 10.0. The fourth-order valence-corrected chi connectivity index (χ4v) is 5.27. The lowest BCUT2D eigenvalue weighted by Gasteiger charge is -2.36. The molecule has 206 valence electrons. The highest BCUT2D eigenvalue weighted by Crippen LogP contribution is 2.56. The first-order valence-electron chi connectivity index (χ1n) is 12.4. The largest absolute Gasteiger partial charge is 0.493 e. The lowest BCUT2D eigenvalue weighted by atomic mass is 9.95. The van der Waals surface area contributed by atoms with Crippen LogP contribution in [0.3, 0.4) is 0 Å². The van der Waals surface area contributed by atoms with Crippen molar-refractivity contribution in [2.75, 3.05) is 19.8 Å². The summed E-state index contributed by atoms with van der Waals surface area (Å²) in [5.74, 6) is -2.83. The molecule has 2 aliphatic carbocycles. The van der Waals surface area contributed by atoms with Crippen LogP contribution in [0.2, 0.25) is 0 Å². The monoisotopic (exact) mass is 551 g/mol. The van der Waals surface area contributed by atoms with Gasteiger partial charge in [0.2, 0.25) is 5.88 Å². The van der Waals surface area contributed by atoms with Crippen molar-refractivity contribution < 1.29 is 45.7 Å². The van der Waals surface area contributed by atoms with Crippen molar-refractivity contribution in [2.24, 2.45) is 5.92 Å². The quantitative estimate of drug-likeness (QED) is 0.351. The van der Waals surface area contributed by atoms with Gasteiger partial charge in [-0.15, -0.1) is 0 Å². The molecule has 0 bridgehead atoms. The van der Waals surface area contributed by atoms with E-state index >= 15 is 8.78 Å². The summed E-state index contributed by atoms with van der Waals surface area (Å²) in [5.41, 5.74) is -2.54. The van der Waals surface area contributed by atoms with Crippen molar-refractivity contribution in [2.45, 2.75) is 43.6 Å². The molecule has 5 nitrogen and oxygen atoms in total. The number of hydrogen-bond donors (Lipinski definition) is 1. The Hall–Kier alpha value is -3.31. The summed E-state index contributed by atoms with van der Waals surface area (Å²) in [6.45, 7) is -0.370. The minimum absolute atomic E-state index is 0.0953. The first-order valence-corrected chi connectivity index (χ1v) is 12.4. The topological polar surface area (TPSA) is 60.8 Å². The van der Waals surface area contributed by atoms with Gasteiger partial charge in [-0.05, 0) is 47.9 Å². The van der Waals surface area contributed by atoms with E-state index in [-0.39, 0.29) is 49.5 Å². The second-order valence-corrected chi connectivity index (χ2v) is 10.4. The molecule has 2 atom stereocenters. The van der Waals surface area contributed by atoms with Gasteiger partial charge in [-0.1, -0.05) is 0 Å². The van der Waals surface area contributed by atoms with Crippen molar-refractivity contribution in [1.29, 1.82) is 0 Å². The summed E-state index contributed by atoms with van der Waals surface area (Å²) >= 11 is 0. The highest BCUT2D eigenvalue weighted by Gasteiger charge is 2.45. The predicted molar refractivity (Wildman–Crippen MR) is 126 cm³/mol. The van der Waals surface area contributed by atoms with Crippen LogP contribution in [0.25, 0.3) is 11.1 Å². The van der Waals surface area contributed by atoms with E-state index in [4.69, 9.17) is 14.2 Å². The predicted octanol–water partition coefficient (Wildman–Crippen LogP) is 5.95. The average molecular weight is 551 g/mol. The lowest BCUT2D eigenvalue weighted by Crippen LogP contribution is -2.50. The van der Waals surface area contributed by atoms with E-state index in [0.717, 1.165) is 42.2 Å². The molecule has 1 aromatic heterocycles. The molecule has 1 saturated carbocycles. The Morgan fingerprint density at radius 2 is 1.74 bits per heavy atom. The van der Waals surface area contributed by atoms with Gasteiger partial charge in [0.15, 0.2) is 0 Å². The van der Waals surface area contributed by atoms with Crippen LogP contribution >= 0.6 is 0 Å². The van der Waals surface area contributed by atoms with E-state index in [0.29, 0.717) is 11.8 Å². The number of alkyl halides is 3. The van der Waals surface area contributed by atoms with Gasteiger partial charge in [0.25, 0.3) is 0 Å². The molecular formula is C28H23F6NO4. The van der Waals surface area contributed by atoms with Crippen molar-refractivity contribution >= 4 is 0 Å². The highest BCUT2D eigenvalue weighted by molar-refractivity contribution is 5.71.